The lowest BCUT2D eigenvalue weighted by atomic mass is 10.1. The average molecular weight is 742 g/mol. The Morgan fingerprint density at radius 3 is 2.13 bits per heavy atom. The molecule has 1 fully saturated rings. The van der Waals surface area contributed by atoms with Crippen LogP contribution in [0, 0.1) is 10.1 Å². The molecule has 0 saturated carbocycles. The second-order valence-electron chi connectivity index (χ2n) is 12.1. The van der Waals surface area contributed by atoms with Gasteiger partial charge >= 0.3 is 0 Å². The van der Waals surface area contributed by atoms with E-state index in [1.165, 1.54) is 64.1 Å². The normalized spacial score (nSPS) is 14.0. The number of ether oxygens (including phenoxy) is 6. The lowest BCUT2D eigenvalue weighted by Crippen LogP contribution is -2.45. The van der Waals surface area contributed by atoms with E-state index >= 15 is 0 Å². The highest BCUT2D eigenvalue weighted by molar-refractivity contribution is 7.89. The molecule has 1 aliphatic rings. The molecular weight excluding hydrogens is 698 g/mol. The molecule has 1 aliphatic heterocycles. The Labute approximate surface area is 301 Å². The summed E-state index contributed by atoms with van der Waals surface area (Å²) < 4.78 is 67.9. The number of unbranched alkanes of at least 4 members (excludes halogenated alkanes) is 1. The van der Waals surface area contributed by atoms with Crippen LogP contribution in [0.5, 0.6) is 34.5 Å². The molecule has 0 N–H and O–H groups in total. The Hall–Kier alpha value is -5.06. The van der Waals surface area contributed by atoms with E-state index in [0.717, 1.165) is 6.42 Å². The summed E-state index contributed by atoms with van der Waals surface area (Å²) in [6, 6.07) is 12.1. The summed E-state index contributed by atoms with van der Waals surface area (Å²) in [6.45, 7) is 1.41. The lowest BCUT2D eigenvalue weighted by Gasteiger charge is -2.36. The molecule has 1 saturated heterocycles. The molecule has 0 atom stereocenters. The number of benzene rings is 3. The highest BCUT2D eigenvalue weighted by Gasteiger charge is 2.35. The molecule has 2 heterocycles. The van der Waals surface area contributed by atoms with Crippen molar-refractivity contribution in [3.8, 4) is 45.8 Å². The Morgan fingerprint density at radius 2 is 1.54 bits per heavy atom. The number of rotatable bonds is 16. The van der Waals surface area contributed by atoms with Gasteiger partial charge in [-0.3, -0.25) is 14.9 Å². The topological polar surface area (TPSA) is 169 Å². The van der Waals surface area contributed by atoms with Crippen molar-refractivity contribution in [2.24, 2.45) is 0 Å². The van der Waals surface area contributed by atoms with Crippen molar-refractivity contribution in [3.63, 3.8) is 0 Å². The van der Waals surface area contributed by atoms with Gasteiger partial charge < -0.3 is 37.7 Å². The monoisotopic (exact) mass is 741 g/mol. The summed E-state index contributed by atoms with van der Waals surface area (Å²) in [5.74, 6) is 1.96. The van der Waals surface area contributed by atoms with Crippen LogP contribution in [0.2, 0.25) is 0 Å². The van der Waals surface area contributed by atoms with Crippen LogP contribution in [0.4, 0.5) is 5.69 Å². The van der Waals surface area contributed by atoms with Crippen molar-refractivity contribution in [1.82, 2.24) is 9.21 Å². The van der Waals surface area contributed by atoms with Crippen molar-refractivity contribution in [2.45, 2.75) is 36.6 Å². The van der Waals surface area contributed by atoms with Crippen molar-refractivity contribution in [3.05, 3.63) is 68.9 Å². The van der Waals surface area contributed by atoms with Gasteiger partial charge in [0.15, 0.2) is 22.2 Å². The van der Waals surface area contributed by atoms with E-state index in [0.29, 0.717) is 54.4 Å². The van der Waals surface area contributed by atoms with Crippen LogP contribution in [-0.2, 0) is 10.0 Å². The van der Waals surface area contributed by atoms with Crippen LogP contribution in [-0.4, -0.2) is 97.4 Å². The van der Waals surface area contributed by atoms with E-state index in [2.05, 4.69) is 4.90 Å². The summed E-state index contributed by atoms with van der Waals surface area (Å²) >= 11 is 0. The van der Waals surface area contributed by atoms with Crippen LogP contribution >= 0.6 is 0 Å². The maximum Gasteiger partial charge on any atom is 0.289 e. The van der Waals surface area contributed by atoms with Crippen LogP contribution in [0.3, 0.4) is 0 Å². The number of hydrogen-bond donors (Lipinski definition) is 0. The fourth-order valence-corrected chi connectivity index (χ4v) is 7.99. The Balaban J connectivity index is 1.29. The first-order valence-electron chi connectivity index (χ1n) is 16.6. The first-order valence-corrected chi connectivity index (χ1v) is 18.0. The standard InChI is InChI=1S/C36H43N3O12S/c1-37(24-13-16-38(17-14-24)52(43,44)31-12-8-7-11-26(31)39(41)42)15-9-10-18-50-36-33(40)32-27(46-3)21-25(45-2)22-28(32)51-34(36)23-19-29(47-4)35(49-6)30(20-23)48-5/h7-8,11-12,19-22,24H,9-10,13-18H2,1-6H3. The number of methoxy groups -OCH3 is 5. The van der Waals surface area contributed by atoms with E-state index in [1.54, 1.807) is 24.3 Å². The predicted molar refractivity (Wildman–Crippen MR) is 193 cm³/mol. The van der Waals surface area contributed by atoms with Crippen molar-refractivity contribution >= 4 is 26.7 Å². The van der Waals surface area contributed by atoms with Gasteiger partial charge in [0.1, 0.15) is 22.5 Å². The Bertz CT molecular complexity index is 2050. The smallest absolute Gasteiger partial charge is 0.289 e. The van der Waals surface area contributed by atoms with Crippen molar-refractivity contribution in [2.75, 3.05) is 68.8 Å². The molecule has 52 heavy (non-hydrogen) atoms. The summed E-state index contributed by atoms with van der Waals surface area (Å²) in [7, 11) is 5.41. The number of nitro benzene ring substituents is 1. The molecule has 1 aromatic heterocycles. The summed E-state index contributed by atoms with van der Waals surface area (Å²) in [4.78, 5) is 26.7. The molecule has 0 amide bonds. The van der Waals surface area contributed by atoms with Gasteiger partial charge in [-0.25, -0.2) is 8.42 Å². The maximum atomic E-state index is 14.1. The van der Waals surface area contributed by atoms with E-state index in [4.69, 9.17) is 32.8 Å². The van der Waals surface area contributed by atoms with Gasteiger partial charge in [0.05, 0.1) is 47.1 Å². The van der Waals surface area contributed by atoms with Crippen LogP contribution in [0.25, 0.3) is 22.3 Å². The quantitative estimate of drug-likeness (QED) is 0.0819. The van der Waals surface area contributed by atoms with Gasteiger partial charge in [-0.15, -0.1) is 0 Å². The van der Waals surface area contributed by atoms with Gasteiger partial charge in [-0.05, 0) is 57.5 Å². The minimum Gasteiger partial charge on any atom is -0.496 e. The third-order valence-electron chi connectivity index (χ3n) is 9.15. The second kappa shape index (κ2) is 16.5. The Morgan fingerprint density at radius 1 is 0.885 bits per heavy atom. The molecule has 0 aliphatic carbocycles. The number of piperidine rings is 1. The predicted octanol–water partition coefficient (Wildman–Crippen LogP) is 5.36. The minimum absolute atomic E-state index is 0.00849. The maximum absolute atomic E-state index is 14.1. The zero-order valence-electron chi connectivity index (χ0n) is 30.0. The molecule has 5 rings (SSSR count). The van der Waals surface area contributed by atoms with Crippen molar-refractivity contribution in [1.29, 1.82) is 0 Å². The number of para-hydroxylation sites is 1. The first-order chi connectivity index (χ1) is 25.0. The van der Waals surface area contributed by atoms with Gasteiger partial charge in [-0.1, -0.05) is 12.1 Å². The molecule has 0 spiro atoms. The summed E-state index contributed by atoms with van der Waals surface area (Å²) in [5.41, 5.74) is -0.162. The fraction of sp³-hybridized carbons (Fsp3) is 0.417. The van der Waals surface area contributed by atoms with Gasteiger partial charge in [0.25, 0.3) is 5.69 Å². The third-order valence-corrected chi connectivity index (χ3v) is 11.1. The molecule has 16 heteroatoms. The zero-order valence-corrected chi connectivity index (χ0v) is 30.8. The molecule has 15 nitrogen and oxygen atoms in total. The van der Waals surface area contributed by atoms with Crippen LogP contribution in [0.15, 0.2) is 62.6 Å². The molecule has 0 radical (unpaired) electrons. The molecular formula is C36H43N3O12S. The van der Waals surface area contributed by atoms with E-state index < -0.39 is 26.1 Å². The number of sulfonamides is 1. The highest BCUT2D eigenvalue weighted by atomic mass is 32.2. The number of fused-ring (bicyclic) bond motifs is 1. The lowest BCUT2D eigenvalue weighted by molar-refractivity contribution is -0.387. The largest absolute Gasteiger partial charge is 0.496 e. The molecule has 3 aromatic carbocycles. The number of hydrogen-bond acceptors (Lipinski definition) is 13. The second-order valence-corrected chi connectivity index (χ2v) is 14.0. The Kier molecular flexibility index (Phi) is 12.1. The first kappa shape index (κ1) is 38.2. The zero-order chi connectivity index (χ0) is 37.6. The van der Waals surface area contributed by atoms with E-state index in [9.17, 15) is 23.3 Å². The van der Waals surface area contributed by atoms with Crippen molar-refractivity contribution < 1.29 is 46.2 Å². The summed E-state index contributed by atoms with van der Waals surface area (Å²) in [5, 5.41) is 11.7. The summed E-state index contributed by atoms with van der Waals surface area (Å²) in [6.07, 6.45) is 2.48. The van der Waals surface area contributed by atoms with E-state index in [-0.39, 0.29) is 58.9 Å². The third kappa shape index (κ3) is 7.73. The average Bonchev–Trinajstić information content (AvgIpc) is 3.16. The minimum atomic E-state index is -4.01. The number of nitrogens with zero attached hydrogens (tertiary/aromatic N) is 3. The molecule has 0 unspecified atom stereocenters. The van der Waals surface area contributed by atoms with Crippen LogP contribution in [0.1, 0.15) is 25.7 Å². The van der Waals surface area contributed by atoms with E-state index in [1.807, 2.05) is 7.05 Å². The SMILES string of the molecule is COc1cc(OC)c2c(=O)c(OCCCCN(C)C3CCN(S(=O)(=O)c4ccccc4[N+](=O)[O-])CC3)c(-c3cc(OC)c(OC)c(OC)c3)oc2c1. The van der Waals surface area contributed by atoms with Gasteiger partial charge in [0.2, 0.25) is 27.0 Å². The fourth-order valence-electron chi connectivity index (χ4n) is 6.36. The van der Waals surface area contributed by atoms with Gasteiger partial charge in [0, 0.05) is 42.9 Å². The number of nitro groups is 1. The highest BCUT2D eigenvalue weighted by Crippen LogP contribution is 2.44. The molecule has 0 bridgehead atoms. The van der Waals surface area contributed by atoms with Crippen LogP contribution < -0.4 is 33.8 Å². The molecule has 4 aromatic rings. The molecule has 280 valence electrons. The van der Waals surface area contributed by atoms with Gasteiger partial charge in [-0.2, -0.15) is 4.31 Å².